The third-order valence-electron chi connectivity index (χ3n) is 3.83. The number of nitrogens with zero attached hydrogens (tertiary/aromatic N) is 2. The van der Waals surface area contributed by atoms with Crippen molar-refractivity contribution in [3.8, 4) is 17.0 Å². The number of hydrogen-bond donors (Lipinski definition) is 0. The minimum absolute atomic E-state index is 0.285. The Bertz CT molecular complexity index is 586. The van der Waals surface area contributed by atoms with Gasteiger partial charge in [0.05, 0.1) is 11.8 Å². The van der Waals surface area contributed by atoms with E-state index in [0.29, 0.717) is 6.10 Å². The normalized spacial score (nSPS) is 15.9. The van der Waals surface area contributed by atoms with Crippen LogP contribution in [0.25, 0.3) is 11.3 Å². The molecular weight excluding hydrogens is 284 g/mol. The van der Waals surface area contributed by atoms with E-state index in [1.807, 2.05) is 37.3 Å². The first-order chi connectivity index (χ1) is 10.2. The second kappa shape index (κ2) is 6.44. The third-order valence-corrected chi connectivity index (χ3v) is 4.00. The summed E-state index contributed by atoms with van der Waals surface area (Å²) in [6.07, 6.45) is 6.61. The van der Waals surface area contributed by atoms with Crippen molar-refractivity contribution in [3.05, 3.63) is 41.3 Å². The van der Waals surface area contributed by atoms with Gasteiger partial charge in [-0.15, -0.1) is 0 Å². The molecule has 1 aromatic carbocycles. The van der Waals surface area contributed by atoms with E-state index < -0.39 is 0 Å². The van der Waals surface area contributed by atoms with Gasteiger partial charge >= 0.3 is 0 Å². The molecule has 3 nitrogen and oxygen atoms in total. The second-order valence-electron chi connectivity index (χ2n) is 5.57. The van der Waals surface area contributed by atoms with Crippen molar-refractivity contribution in [1.82, 2.24) is 9.97 Å². The van der Waals surface area contributed by atoms with Gasteiger partial charge in [0.1, 0.15) is 5.75 Å². The Morgan fingerprint density at radius 1 is 1.05 bits per heavy atom. The predicted octanol–water partition coefficient (Wildman–Crippen LogP) is 4.82. The van der Waals surface area contributed by atoms with E-state index in [4.69, 9.17) is 16.3 Å². The van der Waals surface area contributed by atoms with Crippen LogP contribution in [0.5, 0.6) is 5.75 Å². The first kappa shape index (κ1) is 14.3. The van der Waals surface area contributed by atoms with E-state index >= 15 is 0 Å². The topological polar surface area (TPSA) is 35.0 Å². The van der Waals surface area contributed by atoms with Crippen LogP contribution in [0.3, 0.4) is 0 Å². The van der Waals surface area contributed by atoms with Crippen molar-refractivity contribution >= 4 is 11.6 Å². The van der Waals surface area contributed by atoms with Gasteiger partial charge < -0.3 is 4.74 Å². The lowest BCUT2D eigenvalue weighted by Gasteiger charge is -2.23. The van der Waals surface area contributed by atoms with E-state index in [2.05, 4.69) is 9.97 Å². The molecule has 0 saturated heterocycles. The quantitative estimate of drug-likeness (QED) is 0.763. The van der Waals surface area contributed by atoms with Crippen molar-refractivity contribution in [2.24, 2.45) is 0 Å². The molecule has 0 bridgehead atoms. The lowest BCUT2D eigenvalue weighted by atomic mass is 9.98. The van der Waals surface area contributed by atoms with Crippen LogP contribution in [0, 0.1) is 6.92 Å². The fourth-order valence-electron chi connectivity index (χ4n) is 2.76. The SMILES string of the molecule is Cc1cc(-c2ccc(OC3CCCCC3)cc2)nc(Cl)n1. The summed E-state index contributed by atoms with van der Waals surface area (Å²) in [6.45, 7) is 1.91. The number of rotatable bonds is 3. The molecular formula is C17H19ClN2O. The molecule has 0 aliphatic heterocycles. The van der Waals surface area contributed by atoms with E-state index in [0.717, 1.165) is 22.7 Å². The van der Waals surface area contributed by atoms with E-state index in [1.165, 1.54) is 32.1 Å². The highest BCUT2D eigenvalue weighted by atomic mass is 35.5. The number of aromatic nitrogens is 2. The molecule has 0 unspecified atom stereocenters. The van der Waals surface area contributed by atoms with Gasteiger partial charge in [0.2, 0.25) is 5.28 Å². The summed E-state index contributed by atoms with van der Waals surface area (Å²) in [5.41, 5.74) is 2.74. The molecule has 0 atom stereocenters. The number of hydrogen-bond acceptors (Lipinski definition) is 3. The molecule has 1 fully saturated rings. The Labute approximate surface area is 130 Å². The smallest absolute Gasteiger partial charge is 0.223 e. The second-order valence-corrected chi connectivity index (χ2v) is 5.90. The molecule has 1 aromatic heterocycles. The number of halogens is 1. The summed E-state index contributed by atoms with van der Waals surface area (Å²) in [6, 6.07) is 10.00. The summed E-state index contributed by atoms with van der Waals surface area (Å²) >= 11 is 5.91. The number of ether oxygens (including phenoxy) is 1. The van der Waals surface area contributed by atoms with Crippen LogP contribution in [0.4, 0.5) is 0 Å². The van der Waals surface area contributed by atoms with Crippen LogP contribution in [0.15, 0.2) is 30.3 Å². The van der Waals surface area contributed by atoms with Crippen LogP contribution >= 0.6 is 11.6 Å². The zero-order valence-corrected chi connectivity index (χ0v) is 12.9. The molecule has 2 aromatic rings. The zero-order chi connectivity index (χ0) is 14.7. The Morgan fingerprint density at radius 3 is 2.43 bits per heavy atom. The first-order valence-corrected chi connectivity index (χ1v) is 7.87. The van der Waals surface area contributed by atoms with Gasteiger partial charge in [-0.3, -0.25) is 0 Å². The summed E-state index contributed by atoms with van der Waals surface area (Å²) in [5, 5.41) is 0.285. The van der Waals surface area contributed by atoms with Gasteiger partial charge in [-0.1, -0.05) is 6.42 Å². The van der Waals surface area contributed by atoms with Crippen molar-refractivity contribution in [2.45, 2.75) is 45.1 Å². The molecule has 110 valence electrons. The number of benzene rings is 1. The minimum Gasteiger partial charge on any atom is -0.490 e. The Morgan fingerprint density at radius 2 is 1.76 bits per heavy atom. The maximum atomic E-state index is 6.03. The average Bonchev–Trinajstić information content (AvgIpc) is 2.48. The van der Waals surface area contributed by atoms with Gasteiger partial charge in [-0.05, 0) is 74.5 Å². The molecule has 1 heterocycles. The minimum atomic E-state index is 0.285. The largest absolute Gasteiger partial charge is 0.490 e. The molecule has 0 amide bonds. The third kappa shape index (κ3) is 3.73. The summed E-state index contributed by atoms with van der Waals surface area (Å²) < 4.78 is 6.03. The van der Waals surface area contributed by atoms with Crippen LogP contribution < -0.4 is 4.74 Å². The van der Waals surface area contributed by atoms with Crippen molar-refractivity contribution in [1.29, 1.82) is 0 Å². The van der Waals surface area contributed by atoms with E-state index in [-0.39, 0.29) is 5.28 Å². The standard InChI is InChI=1S/C17H19ClN2O/c1-12-11-16(20-17(18)19-12)13-7-9-15(10-8-13)21-14-5-3-2-4-6-14/h7-11,14H,2-6H2,1H3. The molecule has 1 aliphatic rings. The summed E-state index contributed by atoms with van der Waals surface area (Å²) in [7, 11) is 0. The number of aryl methyl sites for hydroxylation is 1. The van der Waals surface area contributed by atoms with Gasteiger partial charge in [-0.2, -0.15) is 0 Å². The average molecular weight is 303 g/mol. The van der Waals surface area contributed by atoms with Crippen LogP contribution in [0.2, 0.25) is 5.28 Å². The highest BCUT2D eigenvalue weighted by molar-refractivity contribution is 6.28. The van der Waals surface area contributed by atoms with Crippen LogP contribution in [-0.4, -0.2) is 16.1 Å². The fraction of sp³-hybridized carbons (Fsp3) is 0.412. The zero-order valence-electron chi connectivity index (χ0n) is 12.2. The highest BCUT2D eigenvalue weighted by Crippen LogP contribution is 2.26. The molecule has 1 aliphatic carbocycles. The summed E-state index contributed by atoms with van der Waals surface area (Å²) in [4.78, 5) is 8.35. The van der Waals surface area contributed by atoms with Gasteiger partial charge in [0.25, 0.3) is 0 Å². The molecule has 0 N–H and O–H groups in total. The lowest BCUT2D eigenvalue weighted by molar-refractivity contribution is 0.155. The maximum absolute atomic E-state index is 6.03. The Balaban J connectivity index is 1.74. The molecule has 3 rings (SSSR count). The van der Waals surface area contributed by atoms with Crippen LogP contribution in [0.1, 0.15) is 37.8 Å². The molecule has 21 heavy (non-hydrogen) atoms. The summed E-state index contributed by atoms with van der Waals surface area (Å²) in [5.74, 6) is 0.933. The van der Waals surface area contributed by atoms with Gasteiger partial charge in [0, 0.05) is 11.3 Å². The van der Waals surface area contributed by atoms with Crippen molar-refractivity contribution in [3.63, 3.8) is 0 Å². The molecule has 4 heteroatoms. The fourth-order valence-corrected chi connectivity index (χ4v) is 2.98. The molecule has 0 radical (unpaired) electrons. The predicted molar refractivity (Wildman–Crippen MR) is 84.7 cm³/mol. The van der Waals surface area contributed by atoms with Crippen molar-refractivity contribution < 1.29 is 4.74 Å². The molecule has 1 saturated carbocycles. The maximum Gasteiger partial charge on any atom is 0.223 e. The van der Waals surface area contributed by atoms with Gasteiger partial charge in [-0.25, -0.2) is 9.97 Å². The molecule has 0 spiro atoms. The Kier molecular flexibility index (Phi) is 4.39. The lowest BCUT2D eigenvalue weighted by Crippen LogP contribution is -2.19. The first-order valence-electron chi connectivity index (χ1n) is 7.49. The monoisotopic (exact) mass is 302 g/mol. The van der Waals surface area contributed by atoms with E-state index in [1.54, 1.807) is 0 Å². The van der Waals surface area contributed by atoms with E-state index in [9.17, 15) is 0 Å². The highest BCUT2D eigenvalue weighted by Gasteiger charge is 2.14. The van der Waals surface area contributed by atoms with Gasteiger partial charge in [0.15, 0.2) is 0 Å². The van der Waals surface area contributed by atoms with Crippen molar-refractivity contribution in [2.75, 3.05) is 0 Å². The Hall–Kier alpha value is -1.61. The van der Waals surface area contributed by atoms with Crippen LogP contribution in [-0.2, 0) is 0 Å².